The van der Waals surface area contributed by atoms with Gasteiger partial charge in [0.25, 0.3) is 5.91 Å². The summed E-state index contributed by atoms with van der Waals surface area (Å²) in [7, 11) is 5.36. The van der Waals surface area contributed by atoms with Gasteiger partial charge in [0.2, 0.25) is 0 Å². The molecule has 0 aliphatic heterocycles. The number of nitrogens with zero attached hydrogens (tertiary/aromatic N) is 1. The Balaban J connectivity index is 2.88. The van der Waals surface area contributed by atoms with Gasteiger partial charge in [-0.05, 0) is 0 Å². The molecule has 1 atom stereocenters. The van der Waals surface area contributed by atoms with E-state index in [1.165, 1.54) is 12.1 Å². The summed E-state index contributed by atoms with van der Waals surface area (Å²) in [5.74, 6) is -6.34. The number of nitrogens with one attached hydrogen (secondary N) is 1. The lowest BCUT2D eigenvalue weighted by Crippen LogP contribution is -2.52. The second-order valence-electron chi connectivity index (χ2n) is 6.18. The zero-order valence-electron chi connectivity index (χ0n) is 12.8. The van der Waals surface area contributed by atoms with Gasteiger partial charge in [0.05, 0.1) is 40.2 Å². The number of aliphatic carboxylic acids is 1. The van der Waals surface area contributed by atoms with Crippen LogP contribution in [0.5, 0.6) is 0 Å². The maximum atomic E-state index is 14.1. The molecular formula is C15H21F2N2O3+. The van der Waals surface area contributed by atoms with Crippen LogP contribution in [0.2, 0.25) is 0 Å². The van der Waals surface area contributed by atoms with E-state index in [0.717, 1.165) is 12.1 Å². The summed E-state index contributed by atoms with van der Waals surface area (Å²) in [4.78, 5) is 22.7. The molecule has 1 aromatic rings. The van der Waals surface area contributed by atoms with Crippen molar-refractivity contribution in [2.24, 2.45) is 0 Å². The number of alkyl halides is 2. The lowest BCUT2D eigenvalue weighted by molar-refractivity contribution is -0.871. The van der Waals surface area contributed by atoms with Crippen LogP contribution in [0, 0.1) is 0 Å². The van der Waals surface area contributed by atoms with Crippen LogP contribution < -0.4 is 5.32 Å². The largest absolute Gasteiger partial charge is 0.481 e. The molecule has 0 fully saturated rings. The van der Waals surface area contributed by atoms with Crippen molar-refractivity contribution >= 4 is 11.9 Å². The molecule has 0 unspecified atom stereocenters. The molecule has 0 aromatic heterocycles. The van der Waals surface area contributed by atoms with Gasteiger partial charge >= 0.3 is 11.9 Å². The summed E-state index contributed by atoms with van der Waals surface area (Å²) in [6.07, 6.45) is -0.411. The molecule has 0 bridgehead atoms. The highest BCUT2D eigenvalue weighted by molar-refractivity contribution is 5.85. The summed E-state index contributed by atoms with van der Waals surface area (Å²) in [6.45, 7) is 0.225. The number of rotatable bonds is 7. The number of likely N-dealkylation sites (N-methyl/N-ethyl adjacent to an activating group) is 1. The number of amides is 1. The molecule has 0 saturated heterocycles. The fourth-order valence-electron chi connectivity index (χ4n) is 2.09. The number of hydrogen-bond acceptors (Lipinski definition) is 2. The van der Waals surface area contributed by atoms with Crippen molar-refractivity contribution in [1.82, 2.24) is 5.32 Å². The second-order valence-corrected chi connectivity index (χ2v) is 6.18. The van der Waals surface area contributed by atoms with Crippen LogP contribution in [0.1, 0.15) is 12.0 Å². The monoisotopic (exact) mass is 315 g/mol. The Kier molecular flexibility index (Phi) is 5.59. The third-order valence-electron chi connectivity index (χ3n) is 2.95. The Hall–Kier alpha value is -2.02. The molecule has 0 heterocycles. The number of hydrogen-bond donors (Lipinski definition) is 2. The zero-order valence-corrected chi connectivity index (χ0v) is 12.8. The van der Waals surface area contributed by atoms with Crippen molar-refractivity contribution in [2.45, 2.75) is 18.4 Å². The number of quaternary nitrogens is 1. The van der Waals surface area contributed by atoms with E-state index in [9.17, 15) is 18.4 Å². The first kappa shape index (κ1) is 18.0. The quantitative estimate of drug-likeness (QED) is 0.748. The zero-order chi connectivity index (χ0) is 17.0. The van der Waals surface area contributed by atoms with Crippen LogP contribution in [-0.2, 0) is 15.5 Å². The number of halogens is 2. The Bertz CT molecular complexity index is 527. The van der Waals surface area contributed by atoms with Crippen LogP contribution >= 0.6 is 0 Å². The van der Waals surface area contributed by atoms with E-state index in [1.807, 2.05) is 0 Å². The number of carbonyl (C=O) groups excluding carboxylic acids is 1. The molecule has 122 valence electrons. The van der Waals surface area contributed by atoms with Crippen LogP contribution in [0.3, 0.4) is 0 Å². The van der Waals surface area contributed by atoms with Crippen LogP contribution in [0.15, 0.2) is 30.3 Å². The molecule has 0 radical (unpaired) electrons. The minimum absolute atomic E-state index is 0.225. The van der Waals surface area contributed by atoms with E-state index < -0.39 is 35.8 Å². The fraction of sp³-hybridized carbons (Fsp3) is 0.467. The summed E-state index contributed by atoms with van der Waals surface area (Å²) >= 11 is 0. The maximum Gasteiger partial charge on any atom is 0.349 e. The van der Waals surface area contributed by atoms with Crippen molar-refractivity contribution in [3.63, 3.8) is 0 Å². The fourth-order valence-corrected chi connectivity index (χ4v) is 2.09. The summed E-state index contributed by atoms with van der Waals surface area (Å²) in [6, 6.07) is 5.84. The number of carboxylic acids is 1. The number of benzene rings is 1. The predicted molar refractivity (Wildman–Crippen MR) is 77.4 cm³/mol. The highest BCUT2D eigenvalue weighted by Crippen LogP contribution is 2.28. The van der Waals surface area contributed by atoms with Crippen LogP contribution in [0.25, 0.3) is 0 Å². The van der Waals surface area contributed by atoms with E-state index in [1.54, 1.807) is 27.2 Å². The minimum Gasteiger partial charge on any atom is -0.481 e. The van der Waals surface area contributed by atoms with Crippen LogP contribution in [-0.4, -0.2) is 55.2 Å². The van der Waals surface area contributed by atoms with Crippen LogP contribution in [0.4, 0.5) is 8.78 Å². The number of carbonyl (C=O) groups is 2. The van der Waals surface area contributed by atoms with Crippen molar-refractivity contribution < 1.29 is 28.0 Å². The Labute approximate surface area is 128 Å². The molecule has 1 rings (SSSR count). The molecule has 1 aromatic carbocycles. The average Bonchev–Trinajstić information content (AvgIpc) is 2.36. The Morgan fingerprint density at radius 1 is 1.23 bits per heavy atom. The lowest BCUT2D eigenvalue weighted by Gasteiger charge is -2.30. The average molecular weight is 315 g/mol. The Morgan fingerprint density at radius 2 is 1.77 bits per heavy atom. The first-order chi connectivity index (χ1) is 10.0. The molecule has 0 saturated carbocycles. The summed E-state index contributed by atoms with van der Waals surface area (Å²) in [5, 5.41) is 11.0. The third-order valence-corrected chi connectivity index (χ3v) is 2.95. The van der Waals surface area contributed by atoms with Gasteiger partial charge in [0.15, 0.2) is 0 Å². The van der Waals surface area contributed by atoms with Crippen molar-refractivity contribution in [2.75, 3.05) is 27.7 Å². The molecule has 1 amide bonds. The summed E-state index contributed by atoms with van der Waals surface area (Å²) < 4.78 is 28.6. The minimum atomic E-state index is -3.71. The standard InChI is InChI=1S/C15H20F2N2O3/c1-19(2,3)10-12(9-13(20)21)18-14(22)15(16,17)11-7-5-4-6-8-11/h4-8,12H,9-10H2,1-3H3,(H-,18,20,21,22)/p+1/t12-/m1/s1. The number of carboxylic acid groups (broad SMARTS) is 1. The van der Waals surface area contributed by atoms with Gasteiger partial charge in [-0.15, -0.1) is 0 Å². The van der Waals surface area contributed by atoms with Gasteiger partial charge in [-0.3, -0.25) is 9.59 Å². The van der Waals surface area contributed by atoms with E-state index in [2.05, 4.69) is 5.32 Å². The van der Waals surface area contributed by atoms with E-state index in [4.69, 9.17) is 5.11 Å². The van der Waals surface area contributed by atoms with Crippen molar-refractivity contribution in [1.29, 1.82) is 0 Å². The normalized spacial score (nSPS) is 13.5. The first-order valence-electron chi connectivity index (χ1n) is 6.79. The molecule has 0 spiro atoms. The topological polar surface area (TPSA) is 66.4 Å². The lowest BCUT2D eigenvalue weighted by atomic mass is 10.1. The molecule has 0 aliphatic rings. The highest BCUT2D eigenvalue weighted by Gasteiger charge is 2.42. The Morgan fingerprint density at radius 3 is 2.23 bits per heavy atom. The van der Waals surface area contributed by atoms with Gasteiger partial charge in [-0.25, -0.2) is 0 Å². The molecule has 0 aliphatic carbocycles. The SMILES string of the molecule is C[N+](C)(C)C[C@@H](CC(=O)O)NC(=O)C(F)(F)c1ccccc1. The summed E-state index contributed by atoms with van der Waals surface area (Å²) in [5.41, 5.74) is -0.424. The van der Waals surface area contributed by atoms with Gasteiger partial charge in [0, 0.05) is 5.56 Å². The molecule has 2 N–H and O–H groups in total. The van der Waals surface area contributed by atoms with E-state index in [-0.39, 0.29) is 6.54 Å². The predicted octanol–water partition coefficient (Wildman–Crippen LogP) is 1.44. The molecule has 5 nitrogen and oxygen atoms in total. The highest BCUT2D eigenvalue weighted by atomic mass is 19.3. The molecule has 22 heavy (non-hydrogen) atoms. The van der Waals surface area contributed by atoms with Gasteiger partial charge < -0.3 is 14.9 Å². The first-order valence-corrected chi connectivity index (χ1v) is 6.79. The maximum absolute atomic E-state index is 14.1. The van der Waals surface area contributed by atoms with Gasteiger partial charge in [-0.1, -0.05) is 30.3 Å². The van der Waals surface area contributed by atoms with Crippen molar-refractivity contribution in [3.05, 3.63) is 35.9 Å². The van der Waals surface area contributed by atoms with Gasteiger partial charge in [-0.2, -0.15) is 8.78 Å². The third kappa shape index (κ3) is 5.40. The molecule has 7 heteroatoms. The molecular weight excluding hydrogens is 294 g/mol. The second kappa shape index (κ2) is 6.83. The van der Waals surface area contributed by atoms with Crippen molar-refractivity contribution in [3.8, 4) is 0 Å². The van der Waals surface area contributed by atoms with E-state index >= 15 is 0 Å². The smallest absolute Gasteiger partial charge is 0.349 e. The van der Waals surface area contributed by atoms with Gasteiger partial charge in [0.1, 0.15) is 0 Å². The van der Waals surface area contributed by atoms with E-state index in [0.29, 0.717) is 4.48 Å².